The highest BCUT2D eigenvalue weighted by Crippen LogP contribution is 2.24. The Bertz CT molecular complexity index is 1360. The van der Waals surface area contributed by atoms with E-state index in [1.807, 2.05) is 0 Å². The summed E-state index contributed by atoms with van der Waals surface area (Å²) in [7, 11) is -3.97. The number of carboxylic acid groups (broad SMARTS) is 1. The van der Waals surface area contributed by atoms with Gasteiger partial charge in [-0.15, -0.1) is 11.3 Å². The number of hydrogen-bond acceptors (Lipinski definition) is 8. The summed E-state index contributed by atoms with van der Waals surface area (Å²) in [6, 6.07) is 6.91. The molecule has 3 N–H and O–H groups in total. The van der Waals surface area contributed by atoms with E-state index in [1.54, 1.807) is 24.3 Å². The SMILES string of the molecule is Cc1cn(CC(=O)N(CCNS(=O)(=O)c2nc3ccccc3s2)CC(=O)O)c(=O)[nH]c1=O. The van der Waals surface area contributed by atoms with Crippen molar-refractivity contribution in [2.24, 2.45) is 0 Å². The van der Waals surface area contributed by atoms with Gasteiger partial charge in [0.15, 0.2) is 0 Å². The molecule has 2 aromatic heterocycles. The van der Waals surface area contributed by atoms with Crippen molar-refractivity contribution in [2.75, 3.05) is 19.6 Å². The quantitative estimate of drug-likeness (QED) is 0.362. The number of hydrogen-bond donors (Lipinski definition) is 3. The number of aryl methyl sites for hydroxylation is 1. The minimum atomic E-state index is -3.97. The van der Waals surface area contributed by atoms with E-state index < -0.39 is 46.2 Å². The molecule has 0 spiro atoms. The molecule has 3 rings (SSSR count). The van der Waals surface area contributed by atoms with Crippen molar-refractivity contribution in [2.45, 2.75) is 17.8 Å². The van der Waals surface area contributed by atoms with Crippen molar-refractivity contribution < 1.29 is 23.1 Å². The number of aliphatic carboxylic acids is 1. The molecule has 0 bridgehead atoms. The van der Waals surface area contributed by atoms with Gasteiger partial charge in [0.05, 0.1) is 10.2 Å². The maximum absolute atomic E-state index is 12.6. The molecule has 2 heterocycles. The number of carbonyl (C=O) groups is 2. The normalized spacial score (nSPS) is 11.5. The number of thiazole rings is 1. The molecular weight excluding hydrogens is 462 g/mol. The smallest absolute Gasteiger partial charge is 0.328 e. The van der Waals surface area contributed by atoms with E-state index >= 15 is 0 Å². The van der Waals surface area contributed by atoms with Crippen LogP contribution in [-0.4, -0.2) is 64.5 Å². The van der Waals surface area contributed by atoms with Gasteiger partial charge in [-0.1, -0.05) is 12.1 Å². The molecule has 0 aliphatic heterocycles. The second-order valence-corrected chi connectivity index (χ2v) is 9.72. The number of fused-ring (bicyclic) bond motifs is 1. The standard InChI is InChI=1S/C18H19N5O7S2/c1-11-8-23(17(28)21-16(11)27)9-14(24)22(10-15(25)26)7-6-19-32(29,30)18-20-12-4-2-3-5-13(12)31-18/h2-5,8,19H,6-7,9-10H2,1H3,(H,25,26)(H,21,27,28). The first-order chi connectivity index (χ1) is 15.1. The molecule has 0 radical (unpaired) electrons. The van der Waals surface area contributed by atoms with E-state index in [2.05, 4.69) is 14.7 Å². The molecule has 0 aliphatic rings. The Labute approximate surface area is 185 Å². The zero-order chi connectivity index (χ0) is 23.5. The van der Waals surface area contributed by atoms with Crippen LogP contribution in [0, 0.1) is 6.92 Å². The number of nitrogens with zero attached hydrogens (tertiary/aromatic N) is 3. The predicted molar refractivity (Wildman–Crippen MR) is 115 cm³/mol. The summed E-state index contributed by atoms with van der Waals surface area (Å²) >= 11 is 0.983. The van der Waals surface area contributed by atoms with Gasteiger partial charge in [0.25, 0.3) is 15.6 Å². The van der Waals surface area contributed by atoms with Gasteiger partial charge in [-0.2, -0.15) is 0 Å². The molecule has 0 fully saturated rings. The largest absolute Gasteiger partial charge is 0.480 e. The number of aromatic amines is 1. The molecule has 1 amide bonds. The van der Waals surface area contributed by atoms with Crippen LogP contribution in [0.2, 0.25) is 0 Å². The molecule has 170 valence electrons. The van der Waals surface area contributed by atoms with Crippen LogP contribution in [0.4, 0.5) is 0 Å². The third-order valence-corrected chi connectivity index (χ3v) is 7.23. The lowest BCUT2D eigenvalue weighted by molar-refractivity contribution is -0.144. The first-order valence-electron chi connectivity index (χ1n) is 9.22. The molecular formula is C18H19N5O7S2. The number of rotatable bonds is 9. The number of para-hydroxylation sites is 1. The van der Waals surface area contributed by atoms with Crippen LogP contribution in [0.25, 0.3) is 10.2 Å². The van der Waals surface area contributed by atoms with Crippen molar-refractivity contribution in [3.8, 4) is 0 Å². The van der Waals surface area contributed by atoms with Gasteiger partial charge in [0.2, 0.25) is 10.2 Å². The number of sulfonamides is 1. The summed E-state index contributed by atoms with van der Waals surface area (Å²) < 4.78 is 28.8. The lowest BCUT2D eigenvalue weighted by atomic mass is 10.3. The Kier molecular flexibility index (Phi) is 6.86. The van der Waals surface area contributed by atoms with Crippen LogP contribution >= 0.6 is 11.3 Å². The Morgan fingerprint density at radius 2 is 2.00 bits per heavy atom. The Balaban J connectivity index is 1.69. The number of nitrogens with one attached hydrogen (secondary N) is 2. The van der Waals surface area contributed by atoms with Crippen molar-refractivity contribution in [1.29, 1.82) is 0 Å². The molecule has 0 aliphatic carbocycles. The molecule has 0 unspecified atom stereocenters. The number of amides is 1. The van der Waals surface area contributed by atoms with E-state index in [-0.39, 0.29) is 23.0 Å². The molecule has 12 nitrogen and oxygen atoms in total. The third-order valence-electron chi connectivity index (χ3n) is 4.35. The first kappa shape index (κ1) is 23.3. The summed E-state index contributed by atoms with van der Waals surface area (Å²) in [6.07, 6.45) is 1.19. The molecule has 14 heteroatoms. The lowest BCUT2D eigenvalue weighted by Gasteiger charge is -2.21. The summed E-state index contributed by atoms with van der Waals surface area (Å²) in [6.45, 7) is -0.290. The van der Waals surface area contributed by atoms with E-state index in [0.717, 1.165) is 20.8 Å². The van der Waals surface area contributed by atoms with Crippen LogP contribution in [0.5, 0.6) is 0 Å². The summed E-state index contributed by atoms with van der Waals surface area (Å²) in [5.74, 6) is -2.04. The number of carboxylic acids is 1. The average Bonchev–Trinajstić information content (AvgIpc) is 3.16. The number of benzene rings is 1. The summed E-state index contributed by atoms with van der Waals surface area (Å²) in [5.41, 5.74) is -0.681. The van der Waals surface area contributed by atoms with Gasteiger partial charge < -0.3 is 10.0 Å². The van der Waals surface area contributed by atoms with Crippen LogP contribution < -0.4 is 16.0 Å². The molecule has 0 saturated heterocycles. The van der Waals surface area contributed by atoms with E-state index in [0.29, 0.717) is 10.2 Å². The van der Waals surface area contributed by atoms with Crippen LogP contribution in [0.3, 0.4) is 0 Å². The van der Waals surface area contributed by atoms with Crippen LogP contribution in [0.1, 0.15) is 5.56 Å². The van der Waals surface area contributed by atoms with Crippen molar-refractivity contribution in [3.63, 3.8) is 0 Å². The van der Waals surface area contributed by atoms with Gasteiger partial charge in [-0.25, -0.2) is 22.9 Å². The van der Waals surface area contributed by atoms with Gasteiger partial charge in [0.1, 0.15) is 13.1 Å². The van der Waals surface area contributed by atoms with Crippen molar-refractivity contribution in [3.05, 3.63) is 56.9 Å². The molecule has 0 atom stereocenters. The van der Waals surface area contributed by atoms with E-state index in [9.17, 15) is 27.6 Å². The Morgan fingerprint density at radius 3 is 2.69 bits per heavy atom. The zero-order valence-electron chi connectivity index (χ0n) is 16.8. The summed E-state index contributed by atoms with van der Waals surface area (Å²) in [5, 5.41) is 9.09. The molecule has 1 aromatic carbocycles. The Hall–Kier alpha value is -3.36. The topological polar surface area (TPSA) is 172 Å². The van der Waals surface area contributed by atoms with Crippen LogP contribution in [0.15, 0.2) is 44.4 Å². The fraction of sp³-hybridized carbons (Fsp3) is 0.278. The Morgan fingerprint density at radius 1 is 1.28 bits per heavy atom. The van der Waals surface area contributed by atoms with Gasteiger partial charge in [-0.3, -0.25) is 23.9 Å². The lowest BCUT2D eigenvalue weighted by Crippen LogP contribution is -2.44. The highest BCUT2D eigenvalue weighted by molar-refractivity contribution is 7.91. The van der Waals surface area contributed by atoms with Gasteiger partial charge in [0, 0.05) is 24.8 Å². The predicted octanol–water partition coefficient (Wildman–Crippen LogP) is -0.654. The summed E-state index contributed by atoms with van der Waals surface area (Å²) in [4.78, 5) is 54.1. The van der Waals surface area contributed by atoms with Gasteiger partial charge >= 0.3 is 11.7 Å². The maximum Gasteiger partial charge on any atom is 0.328 e. The maximum atomic E-state index is 12.6. The molecule has 32 heavy (non-hydrogen) atoms. The second kappa shape index (κ2) is 9.42. The fourth-order valence-corrected chi connectivity index (χ4v) is 5.06. The second-order valence-electron chi connectivity index (χ2n) is 6.75. The minimum Gasteiger partial charge on any atom is -0.480 e. The zero-order valence-corrected chi connectivity index (χ0v) is 18.4. The number of aromatic nitrogens is 3. The monoisotopic (exact) mass is 481 g/mol. The highest BCUT2D eigenvalue weighted by Gasteiger charge is 2.22. The number of carbonyl (C=O) groups excluding carboxylic acids is 1. The first-order valence-corrected chi connectivity index (χ1v) is 11.5. The van der Waals surface area contributed by atoms with E-state index in [4.69, 9.17) is 5.11 Å². The van der Waals surface area contributed by atoms with Gasteiger partial charge in [-0.05, 0) is 19.1 Å². The minimum absolute atomic E-state index is 0.148. The highest BCUT2D eigenvalue weighted by atomic mass is 32.2. The van der Waals surface area contributed by atoms with Crippen molar-refractivity contribution in [1.82, 2.24) is 24.2 Å². The fourth-order valence-electron chi connectivity index (χ4n) is 2.78. The van der Waals surface area contributed by atoms with Crippen LogP contribution in [-0.2, 0) is 26.2 Å². The average molecular weight is 482 g/mol. The molecule has 3 aromatic rings. The van der Waals surface area contributed by atoms with E-state index in [1.165, 1.54) is 13.1 Å². The third kappa shape index (κ3) is 5.46. The molecule has 0 saturated carbocycles. The number of H-pyrrole nitrogens is 1. The van der Waals surface area contributed by atoms with Crippen molar-refractivity contribution >= 4 is 43.5 Å².